The van der Waals surface area contributed by atoms with Gasteiger partial charge in [-0.25, -0.2) is 4.98 Å². The molecule has 3 nitrogen and oxygen atoms in total. The van der Waals surface area contributed by atoms with Crippen LogP contribution in [-0.4, -0.2) is 24.1 Å². The van der Waals surface area contributed by atoms with Gasteiger partial charge in [0.1, 0.15) is 5.82 Å². The largest absolute Gasteiger partial charge is 0.356 e. The molecule has 1 saturated heterocycles. The summed E-state index contributed by atoms with van der Waals surface area (Å²) in [6, 6.07) is 4.93. The summed E-state index contributed by atoms with van der Waals surface area (Å²) in [5, 5.41) is 3.45. The maximum absolute atomic E-state index is 4.79. The molecule has 1 unspecified atom stereocenters. The SMILES string of the molecule is CCC1CCN(c2ccc(CNC(C)C)c(C)n2)C1. The predicted molar refractivity (Wildman–Crippen MR) is 81.6 cm³/mol. The minimum Gasteiger partial charge on any atom is -0.356 e. The minimum atomic E-state index is 0.517. The van der Waals surface area contributed by atoms with Crippen LogP contribution < -0.4 is 10.2 Å². The number of aromatic nitrogens is 1. The number of pyridine rings is 1. The fourth-order valence-electron chi connectivity index (χ4n) is 2.63. The second kappa shape index (κ2) is 6.38. The van der Waals surface area contributed by atoms with Gasteiger partial charge in [0, 0.05) is 31.4 Å². The van der Waals surface area contributed by atoms with Crippen molar-refractivity contribution in [3.8, 4) is 0 Å². The summed E-state index contributed by atoms with van der Waals surface area (Å²) < 4.78 is 0. The number of hydrogen-bond acceptors (Lipinski definition) is 3. The molecule has 1 fully saturated rings. The lowest BCUT2D eigenvalue weighted by Crippen LogP contribution is -2.24. The van der Waals surface area contributed by atoms with Crippen molar-refractivity contribution in [2.45, 2.75) is 53.1 Å². The molecule has 0 radical (unpaired) electrons. The van der Waals surface area contributed by atoms with Crippen LogP contribution >= 0.6 is 0 Å². The Morgan fingerprint density at radius 3 is 2.79 bits per heavy atom. The van der Waals surface area contributed by atoms with Crippen LogP contribution in [0.1, 0.15) is 44.9 Å². The molecule has 1 aromatic rings. The Bertz CT molecular complexity index is 414. The molecule has 0 saturated carbocycles. The molecule has 0 aromatic carbocycles. The summed E-state index contributed by atoms with van der Waals surface area (Å²) in [5.41, 5.74) is 2.47. The van der Waals surface area contributed by atoms with Crippen LogP contribution in [0.5, 0.6) is 0 Å². The van der Waals surface area contributed by atoms with Gasteiger partial charge in [0.15, 0.2) is 0 Å². The number of anilines is 1. The average molecular weight is 261 g/mol. The highest BCUT2D eigenvalue weighted by Gasteiger charge is 2.22. The van der Waals surface area contributed by atoms with Crippen LogP contribution in [0.25, 0.3) is 0 Å². The van der Waals surface area contributed by atoms with E-state index in [4.69, 9.17) is 4.98 Å². The maximum Gasteiger partial charge on any atom is 0.128 e. The number of rotatable bonds is 5. The summed E-state index contributed by atoms with van der Waals surface area (Å²) in [4.78, 5) is 7.22. The first kappa shape index (κ1) is 14.3. The van der Waals surface area contributed by atoms with Crippen molar-refractivity contribution in [1.29, 1.82) is 0 Å². The van der Waals surface area contributed by atoms with Gasteiger partial charge in [-0.05, 0) is 30.9 Å². The molecule has 0 aliphatic carbocycles. The molecule has 0 bridgehead atoms. The standard InChI is InChI=1S/C16H27N3/c1-5-14-8-9-19(11-14)16-7-6-15(13(4)18-16)10-17-12(2)3/h6-7,12,14,17H,5,8-11H2,1-4H3. The zero-order valence-corrected chi connectivity index (χ0v) is 12.7. The van der Waals surface area contributed by atoms with Crippen molar-refractivity contribution < 1.29 is 0 Å². The Labute approximate surface area is 117 Å². The quantitative estimate of drug-likeness (QED) is 0.882. The maximum atomic E-state index is 4.79. The van der Waals surface area contributed by atoms with Crippen LogP contribution in [0.2, 0.25) is 0 Å². The van der Waals surface area contributed by atoms with E-state index in [1.165, 1.54) is 24.9 Å². The highest BCUT2D eigenvalue weighted by atomic mass is 15.2. The summed E-state index contributed by atoms with van der Waals surface area (Å²) in [5.74, 6) is 2.01. The Kier molecular flexibility index (Phi) is 4.81. The lowest BCUT2D eigenvalue weighted by atomic mass is 10.1. The lowest BCUT2D eigenvalue weighted by molar-refractivity contribution is 0.568. The molecule has 1 atom stereocenters. The van der Waals surface area contributed by atoms with Crippen LogP contribution in [0.4, 0.5) is 5.82 Å². The van der Waals surface area contributed by atoms with Crippen molar-refractivity contribution in [3.05, 3.63) is 23.4 Å². The second-order valence-electron chi connectivity index (χ2n) is 5.96. The smallest absolute Gasteiger partial charge is 0.128 e. The van der Waals surface area contributed by atoms with Crippen molar-refractivity contribution in [3.63, 3.8) is 0 Å². The van der Waals surface area contributed by atoms with Gasteiger partial charge in [0.2, 0.25) is 0 Å². The van der Waals surface area contributed by atoms with E-state index in [-0.39, 0.29) is 0 Å². The van der Waals surface area contributed by atoms with Crippen LogP contribution in [0.3, 0.4) is 0 Å². The van der Waals surface area contributed by atoms with Gasteiger partial charge >= 0.3 is 0 Å². The molecule has 3 heteroatoms. The molecule has 1 N–H and O–H groups in total. The first-order valence-corrected chi connectivity index (χ1v) is 7.55. The first-order chi connectivity index (χ1) is 9.10. The van der Waals surface area contributed by atoms with Crippen molar-refractivity contribution in [2.24, 2.45) is 5.92 Å². The molecule has 19 heavy (non-hydrogen) atoms. The molecule has 106 valence electrons. The molecule has 1 aliphatic heterocycles. The minimum absolute atomic E-state index is 0.517. The molecule has 0 amide bonds. The molecule has 0 spiro atoms. The Morgan fingerprint density at radius 1 is 1.42 bits per heavy atom. The van der Waals surface area contributed by atoms with Gasteiger partial charge in [-0.3, -0.25) is 0 Å². The molecular formula is C16H27N3. The first-order valence-electron chi connectivity index (χ1n) is 7.55. The zero-order valence-electron chi connectivity index (χ0n) is 12.7. The van der Waals surface area contributed by atoms with Crippen LogP contribution in [0, 0.1) is 12.8 Å². The third-order valence-corrected chi connectivity index (χ3v) is 4.07. The highest BCUT2D eigenvalue weighted by molar-refractivity contribution is 5.42. The normalized spacial score (nSPS) is 19.4. The summed E-state index contributed by atoms with van der Waals surface area (Å²) in [6.45, 7) is 12.0. The molecular weight excluding hydrogens is 234 g/mol. The topological polar surface area (TPSA) is 28.2 Å². The van der Waals surface area contributed by atoms with Crippen molar-refractivity contribution in [1.82, 2.24) is 10.3 Å². The van der Waals surface area contributed by atoms with E-state index in [0.29, 0.717) is 6.04 Å². The predicted octanol–water partition coefficient (Wildman–Crippen LogP) is 3.12. The Morgan fingerprint density at radius 2 is 2.21 bits per heavy atom. The van der Waals surface area contributed by atoms with Gasteiger partial charge in [0.05, 0.1) is 0 Å². The number of nitrogens with one attached hydrogen (secondary N) is 1. The fourth-order valence-corrected chi connectivity index (χ4v) is 2.63. The van der Waals surface area contributed by atoms with E-state index in [9.17, 15) is 0 Å². The van der Waals surface area contributed by atoms with E-state index in [2.05, 4.69) is 50.0 Å². The number of aryl methyl sites for hydroxylation is 1. The number of nitrogens with zero attached hydrogens (tertiary/aromatic N) is 2. The molecule has 2 rings (SSSR count). The van der Waals surface area contributed by atoms with Crippen molar-refractivity contribution >= 4 is 5.82 Å². The third kappa shape index (κ3) is 3.69. The molecule has 1 aliphatic rings. The van der Waals surface area contributed by atoms with E-state index in [1.54, 1.807) is 0 Å². The van der Waals surface area contributed by atoms with Crippen LogP contribution in [-0.2, 0) is 6.54 Å². The van der Waals surface area contributed by atoms with E-state index in [1.807, 2.05) is 0 Å². The number of hydrogen-bond donors (Lipinski definition) is 1. The molecule has 2 heterocycles. The Hall–Kier alpha value is -1.09. The Balaban J connectivity index is 2.02. The van der Waals surface area contributed by atoms with Gasteiger partial charge in [0.25, 0.3) is 0 Å². The monoisotopic (exact) mass is 261 g/mol. The molecule has 1 aromatic heterocycles. The summed E-state index contributed by atoms with van der Waals surface area (Å²) >= 11 is 0. The zero-order chi connectivity index (χ0) is 13.8. The second-order valence-corrected chi connectivity index (χ2v) is 5.96. The average Bonchev–Trinajstić information content (AvgIpc) is 2.85. The van der Waals surface area contributed by atoms with E-state index >= 15 is 0 Å². The van der Waals surface area contributed by atoms with E-state index in [0.717, 1.165) is 30.5 Å². The van der Waals surface area contributed by atoms with Crippen LogP contribution in [0.15, 0.2) is 12.1 Å². The summed E-state index contributed by atoms with van der Waals surface area (Å²) in [7, 11) is 0. The third-order valence-electron chi connectivity index (χ3n) is 4.07. The van der Waals surface area contributed by atoms with Gasteiger partial charge < -0.3 is 10.2 Å². The lowest BCUT2D eigenvalue weighted by Gasteiger charge is -2.19. The van der Waals surface area contributed by atoms with E-state index < -0.39 is 0 Å². The highest BCUT2D eigenvalue weighted by Crippen LogP contribution is 2.24. The van der Waals surface area contributed by atoms with Crippen molar-refractivity contribution in [2.75, 3.05) is 18.0 Å². The summed E-state index contributed by atoms with van der Waals surface area (Å²) in [6.07, 6.45) is 2.60. The van der Waals surface area contributed by atoms with Gasteiger partial charge in [-0.15, -0.1) is 0 Å². The fraction of sp³-hybridized carbons (Fsp3) is 0.688. The van der Waals surface area contributed by atoms with Gasteiger partial charge in [-0.1, -0.05) is 33.3 Å². The van der Waals surface area contributed by atoms with Gasteiger partial charge in [-0.2, -0.15) is 0 Å².